The highest BCUT2D eigenvalue weighted by Gasteiger charge is 2.24. The van der Waals surface area contributed by atoms with Gasteiger partial charge in [-0.3, -0.25) is 4.79 Å². The van der Waals surface area contributed by atoms with Crippen LogP contribution in [0.5, 0.6) is 5.75 Å². The fourth-order valence-electron chi connectivity index (χ4n) is 2.26. The molecule has 1 N–H and O–H groups in total. The second-order valence-electron chi connectivity index (χ2n) is 4.94. The Balaban J connectivity index is 1.75. The summed E-state index contributed by atoms with van der Waals surface area (Å²) in [5.41, 5.74) is 0. The summed E-state index contributed by atoms with van der Waals surface area (Å²) in [6.45, 7) is 1.21. The molecule has 0 bridgehead atoms. The number of hydrogen-bond donors (Lipinski definition) is 1. The van der Waals surface area contributed by atoms with E-state index < -0.39 is 0 Å². The van der Waals surface area contributed by atoms with Gasteiger partial charge < -0.3 is 19.7 Å². The van der Waals surface area contributed by atoms with Gasteiger partial charge in [0.1, 0.15) is 12.4 Å². The molecule has 1 aliphatic heterocycles. The number of hydrogen-bond acceptors (Lipinski definition) is 4. The normalized spacial score (nSPS) is 15.6. The summed E-state index contributed by atoms with van der Waals surface area (Å²) < 4.78 is 10.1. The molecule has 2 amide bonds. The second kappa shape index (κ2) is 7.64. The molecule has 1 fully saturated rings. The van der Waals surface area contributed by atoms with Gasteiger partial charge >= 0.3 is 6.09 Å². The smallest absolute Gasteiger partial charge is 0.410 e. The third-order valence-corrected chi connectivity index (χ3v) is 3.34. The van der Waals surface area contributed by atoms with Crippen LogP contribution < -0.4 is 10.1 Å². The van der Waals surface area contributed by atoms with Gasteiger partial charge in [-0.15, -0.1) is 0 Å². The number of nitrogens with zero attached hydrogens (tertiary/aromatic N) is 1. The lowest BCUT2D eigenvalue weighted by molar-refractivity contribution is -0.125. The number of piperidine rings is 1. The zero-order chi connectivity index (χ0) is 15.1. The molecule has 0 saturated carbocycles. The lowest BCUT2D eigenvalue weighted by Crippen LogP contribution is -2.47. The lowest BCUT2D eigenvalue weighted by atomic mass is 10.1. The molecule has 1 saturated heterocycles. The van der Waals surface area contributed by atoms with Crippen LogP contribution >= 0.6 is 0 Å². The number of methoxy groups -OCH3 is 1. The first-order chi connectivity index (χ1) is 10.2. The van der Waals surface area contributed by atoms with Crippen LogP contribution in [0, 0.1) is 0 Å². The van der Waals surface area contributed by atoms with E-state index in [9.17, 15) is 9.59 Å². The van der Waals surface area contributed by atoms with Gasteiger partial charge in [0.05, 0.1) is 0 Å². The van der Waals surface area contributed by atoms with Gasteiger partial charge in [0.2, 0.25) is 5.91 Å². The predicted molar refractivity (Wildman–Crippen MR) is 77.1 cm³/mol. The molecule has 0 atom stereocenters. The molecular weight excluding hydrogens is 272 g/mol. The van der Waals surface area contributed by atoms with Crippen LogP contribution in [-0.4, -0.2) is 49.7 Å². The van der Waals surface area contributed by atoms with Gasteiger partial charge in [0.15, 0.2) is 0 Å². The Morgan fingerprint density at radius 3 is 2.52 bits per heavy atom. The molecule has 6 heteroatoms. The monoisotopic (exact) mass is 292 g/mol. The summed E-state index contributed by atoms with van der Waals surface area (Å²) in [4.78, 5) is 25.1. The second-order valence-corrected chi connectivity index (χ2v) is 4.94. The van der Waals surface area contributed by atoms with E-state index in [4.69, 9.17) is 9.47 Å². The van der Waals surface area contributed by atoms with Gasteiger partial charge in [-0.2, -0.15) is 0 Å². The van der Waals surface area contributed by atoms with E-state index in [1.807, 2.05) is 18.2 Å². The highest BCUT2D eigenvalue weighted by molar-refractivity contribution is 5.77. The summed E-state index contributed by atoms with van der Waals surface area (Å²) in [6.07, 6.45) is 1.10. The van der Waals surface area contributed by atoms with Crippen molar-refractivity contribution in [1.82, 2.24) is 10.2 Å². The number of nitrogens with one attached hydrogen (secondary N) is 1. The minimum Gasteiger partial charge on any atom is -0.410 e. The maximum atomic E-state index is 12.0. The maximum Gasteiger partial charge on any atom is 0.415 e. The van der Waals surface area contributed by atoms with E-state index in [0.717, 1.165) is 12.8 Å². The third-order valence-electron chi connectivity index (χ3n) is 3.34. The van der Waals surface area contributed by atoms with Crippen LogP contribution in [0.1, 0.15) is 12.8 Å². The number of para-hydroxylation sites is 1. The Bertz CT molecular complexity index is 470. The maximum absolute atomic E-state index is 12.0. The number of benzene rings is 1. The van der Waals surface area contributed by atoms with Crippen molar-refractivity contribution in [2.45, 2.75) is 18.9 Å². The molecule has 21 heavy (non-hydrogen) atoms. The van der Waals surface area contributed by atoms with Crippen molar-refractivity contribution < 1.29 is 19.1 Å². The van der Waals surface area contributed by atoms with E-state index in [0.29, 0.717) is 18.8 Å². The van der Waals surface area contributed by atoms with Crippen molar-refractivity contribution in [3.05, 3.63) is 30.3 Å². The summed E-state index contributed by atoms with van der Waals surface area (Å²) in [5.74, 6) is 0.417. The highest BCUT2D eigenvalue weighted by atomic mass is 16.6. The van der Waals surface area contributed by atoms with Crippen LogP contribution in [0.2, 0.25) is 0 Å². The van der Waals surface area contributed by atoms with E-state index in [-0.39, 0.29) is 24.6 Å². The van der Waals surface area contributed by atoms with Gasteiger partial charge in [0, 0.05) is 26.2 Å². The van der Waals surface area contributed by atoms with Crippen molar-refractivity contribution in [2.24, 2.45) is 0 Å². The largest absolute Gasteiger partial charge is 0.415 e. The molecule has 1 aromatic carbocycles. The lowest BCUT2D eigenvalue weighted by Gasteiger charge is -2.31. The standard InChI is InChI=1S/C15H20N2O4/c1-20-11-14(18)16-12-7-9-17(10-8-12)15(19)21-13-5-3-2-4-6-13/h2-6,12H,7-11H2,1H3,(H,16,18). The third kappa shape index (κ3) is 4.75. The minimum atomic E-state index is -0.345. The molecule has 0 spiro atoms. The first-order valence-electron chi connectivity index (χ1n) is 6.99. The molecule has 0 aliphatic carbocycles. The topological polar surface area (TPSA) is 67.9 Å². The Hall–Kier alpha value is -2.08. The number of amides is 2. The van der Waals surface area contributed by atoms with E-state index in [1.54, 1.807) is 17.0 Å². The molecule has 0 aromatic heterocycles. The van der Waals surface area contributed by atoms with E-state index in [1.165, 1.54) is 7.11 Å². The minimum absolute atomic E-state index is 0.0657. The van der Waals surface area contributed by atoms with Crippen LogP contribution in [0.3, 0.4) is 0 Å². The van der Waals surface area contributed by atoms with Gasteiger partial charge in [-0.1, -0.05) is 18.2 Å². The summed E-state index contributed by atoms with van der Waals surface area (Å²) >= 11 is 0. The number of carbonyl (C=O) groups is 2. The van der Waals surface area contributed by atoms with Crippen LogP contribution in [0.4, 0.5) is 4.79 Å². The number of carbonyl (C=O) groups excluding carboxylic acids is 2. The fraction of sp³-hybridized carbons (Fsp3) is 0.467. The molecule has 1 aliphatic rings. The van der Waals surface area contributed by atoms with Crippen LogP contribution in [0.15, 0.2) is 30.3 Å². The highest BCUT2D eigenvalue weighted by Crippen LogP contribution is 2.14. The SMILES string of the molecule is COCC(=O)NC1CCN(C(=O)Oc2ccccc2)CC1. The molecule has 114 valence electrons. The number of ether oxygens (including phenoxy) is 2. The Morgan fingerprint density at radius 1 is 1.24 bits per heavy atom. The predicted octanol–water partition coefficient (Wildman–Crippen LogP) is 1.41. The average Bonchev–Trinajstić information content (AvgIpc) is 2.49. The molecule has 6 nitrogen and oxygen atoms in total. The van der Waals surface area contributed by atoms with Gasteiger partial charge in [-0.25, -0.2) is 4.79 Å². The zero-order valence-electron chi connectivity index (χ0n) is 12.1. The Labute approximate surface area is 124 Å². The average molecular weight is 292 g/mol. The first kappa shape index (κ1) is 15.3. The summed E-state index contributed by atoms with van der Waals surface area (Å²) in [6, 6.07) is 9.09. The summed E-state index contributed by atoms with van der Waals surface area (Å²) in [7, 11) is 1.49. The molecule has 2 rings (SSSR count). The molecule has 0 unspecified atom stereocenters. The number of rotatable bonds is 4. The molecule has 0 radical (unpaired) electrons. The fourth-order valence-corrected chi connectivity index (χ4v) is 2.26. The van der Waals surface area contributed by atoms with Crippen molar-refractivity contribution in [3.63, 3.8) is 0 Å². The van der Waals surface area contributed by atoms with Crippen molar-refractivity contribution >= 4 is 12.0 Å². The zero-order valence-corrected chi connectivity index (χ0v) is 12.1. The van der Waals surface area contributed by atoms with Crippen molar-refractivity contribution in [2.75, 3.05) is 26.8 Å². The quantitative estimate of drug-likeness (QED) is 0.911. The first-order valence-corrected chi connectivity index (χ1v) is 6.99. The van der Waals surface area contributed by atoms with Crippen molar-refractivity contribution in [3.8, 4) is 5.75 Å². The van der Waals surface area contributed by atoms with Gasteiger partial charge in [-0.05, 0) is 25.0 Å². The number of likely N-dealkylation sites (tertiary alicyclic amines) is 1. The molecule has 1 aromatic rings. The Kier molecular flexibility index (Phi) is 5.57. The molecule has 1 heterocycles. The van der Waals surface area contributed by atoms with Gasteiger partial charge in [0.25, 0.3) is 0 Å². The van der Waals surface area contributed by atoms with Crippen LogP contribution in [-0.2, 0) is 9.53 Å². The van der Waals surface area contributed by atoms with Crippen molar-refractivity contribution in [1.29, 1.82) is 0 Å². The van der Waals surface area contributed by atoms with Crippen LogP contribution in [0.25, 0.3) is 0 Å². The van der Waals surface area contributed by atoms with E-state index in [2.05, 4.69) is 5.32 Å². The summed E-state index contributed by atoms with van der Waals surface area (Å²) in [5, 5.41) is 2.89. The Morgan fingerprint density at radius 2 is 1.90 bits per heavy atom. The molecular formula is C15H20N2O4. The van der Waals surface area contributed by atoms with E-state index >= 15 is 0 Å².